The Morgan fingerprint density at radius 1 is 1.11 bits per heavy atom. The van der Waals surface area contributed by atoms with Crippen LogP contribution in [0.3, 0.4) is 0 Å². The van der Waals surface area contributed by atoms with Crippen LogP contribution in [-0.2, 0) is 14.6 Å². The van der Waals surface area contributed by atoms with Gasteiger partial charge < -0.3 is 20.1 Å². The molecule has 3 aromatic rings. The van der Waals surface area contributed by atoms with E-state index in [1.807, 2.05) is 13.8 Å². The number of anilines is 3. The van der Waals surface area contributed by atoms with Crippen LogP contribution in [0.15, 0.2) is 41.6 Å². The average Bonchev–Trinajstić information content (AvgIpc) is 2.91. The summed E-state index contributed by atoms with van der Waals surface area (Å²) in [6, 6.07) is 8.20. The summed E-state index contributed by atoms with van der Waals surface area (Å²) in [5, 5.41) is 5.63. The fourth-order valence-electron chi connectivity index (χ4n) is 5.17. The molecule has 0 saturated carbocycles. The molecule has 11 nitrogen and oxygen atoms in total. The van der Waals surface area contributed by atoms with E-state index in [4.69, 9.17) is 9.47 Å². The van der Waals surface area contributed by atoms with Crippen LogP contribution < -0.4 is 20.1 Å². The number of likely N-dealkylation sites (tertiary alicyclic amines) is 1. The van der Waals surface area contributed by atoms with Gasteiger partial charge in [0.15, 0.2) is 20.6 Å². The lowest BCUT2D eigenvalue weighted by Crippen LogP contribution is -2.39. The van der Waals surface area contributed by atoms with Crippen molar-refractivity contribution in [3.8, 4) is 22.9 Å². The fourth-order valence-corrected chi connectivity index (χ4v) is 5.78. The van der Waals surface area contributed by atoms with Gasteiger partial charge in [0, 0.05) is 31.0 Å². The minimum absolute atomic E-state index is 0.168. The van der Waals surface area contributed by atoms with Gasteiger partial charge in [0.05, 0.1) is 17.9 Å². The minimum atomic E-state index is -4.29. The first-order chi connectivity index (χ1) is 20.5. The molecule has 5 heterocycles. The second kappa shape index (κ2) is 11.8. The number of alkyl halides is 3. The number of halogens is 3. The quantitative estimate of drug-likeness (QED) is 0.368. The molecule has 0 bridgehead atoms. The lowest BCUT2D eigenvalue weighted by Gasteiger charge is -2.32. The van der Waals surface area contributed by atoms with Crippen molar-refractivity contribution in [3.05, 3.63) is 42.1 Å². The molecule has 0 atom stereocenters. The van der Waals surface area contributed by atoms with Crippen molar-refractivity contribution >= 4 is 33.1 Å². The molecule has 44 heavy (non-hydrogen) atoms. The molecule has 15 heteroatoms. The molecule has 236 valence electrons. The number of ether oxygens (including phenoxy) is 2. The molecule has 5 rings (SSSR count). The number of aromatic nitrogens is 3. The standard InChI is InChI=1S/C29H33F3N6O5S/c1-17(39)34-24-13-22(20(14-33-24)21-5-6-23-27(36-21)42-16-28(2,3)43-23)35-25-11-19(12-26(37-25)44(4,40)41)18-7-9-38(10-8-18)15-29(30,31)32/h5-6,11-14,18H,7-10,15-16H2,1-4H3,(H2,33,34,35,37,39). The van der Waals surface area contributed by atoms with Gasteiger partial charge in [0.2, 0.25) is 5.91 Å². The monoisotopic (exact) mass is 634 g/mol. The number of carbonyl (C=O) groups is 1. The molecule has 0 unspecified atom stereocenters. The SMILES string of the molecule is CC(=O)Nc1cc(Nc2cc(C3CCN(CC(F)(F)F)CC3)cc(S(C)(=O)=O)n2)c(-c2ccc3c(n2)OCC(C)(C)O3)cn1. The van der Waals surface area contributed by atoms with Gasteiger partial charge in [-0.05, 0) is 75.5 Å². The molecular formula is C29H33F3N6O5S. The third-order valence-corrected chi connectivity index (χ3v) is 8.15. The Kier molecular flexibility index (Phi) is 8.46. The topological polar surface area (TPSA) is 136 Å². The van der Waals surface area contributed by atoms with Crippen LogP contribution in [0.2, 0.25) is 0 Å². The van der Waals surface area contributed by atoms with Gasteiger partial charge in [0.25, 0.3) is 5.88 Å². The van der Waals surface area contributed by atoms with Crippen LogP contribution in [0.4, 0.5) is 30.5 Å². The van der Waals surface area contributed by atoms with Crippen LogP contribution in [0.25, 0.3) is 11.3 Å². The van der Waals surface area contributed by atoms with Crippen molar-refractivity contribution in [3.63, 3.8) is 0 Å². The second-order valence-corrected chi connectivity index (χ2v) is 13.6. The molecular weight excluding hydrogens is 601 g/mol. The molecule has 1 fully saturated rings. The smallest absolute Gasteiger partial charge is 0.401 e. The summed E-state index contributed by atoms with van der Waals surface area (Å²) in [6.45, 7) is 4.90. The van der Waals surface area contributed by atoms with Crippen molar-refractivity contribution in [1.82, 2.24) is 19.9 Å². The summed E-state index contributed by atoms with van der Waals surface area (Å²) >= 11 is 0. The lowest BCUT2D eigenvalue weighted by molar-refractivity contribution is -0.147. The van der Waals surface area contributed by atoms with Gasteiger partial charge in [-0.3, -0.25) is 9.69 Å². The van der Waals surface area contributed by atoms with E-state index in [0.29, 0.717) is 53.6 Å². The number of hydrogen-bond donors (Lipinski definition) is 2. The average molecular weight is 635 g/mol. The molecule has 3 aromatic heterocycles. The second-order valence-electron chi connectivity index (χ2n) is 11.6. The molecule has 0 radical (unpaired) electrons. The fraction of sp³-hybridized carbons (Fsp3) is 0.448. The molecule has 1 amide bonds. The largest absolute Gasteiger partial charge is 0.479 e. The van der Waals surface area contributed by atoms with E-state index >= 15 is 0 Å². The van der Waals surface area contributed by atoms with Gasteiger partial charge >= 0.3 is 6.18 Å². The van der Waals surface area contributed by atoms with E-state index in [-0.39, 0.29) is 41.6 Å². The number of carbonyl (C=O) groups excluding carboxylic acids is 1. The maximum absolute atomic E-state index is 12.9. The Bertz CT molecular complexity index is 1670. The van der Waals surface area contributed by atoms with Gasteiger partial charge in [-0.25, -0.2) is 23.4 Å². The summed E-state index contributed by atoms with van der Waals surface area (Å²) in [5.41, 5.74) is 1.51. The molecule has 2 aliphatic rings. The van der Waals surface area contributed by atoms with Crippen LogP contribution in [0, 0.1) is 0 Å². The maximum atomic E-state index is 12.9. The summed E-state index contributed by atoms with van der Waals surface area (Å²) in [6.07, 6.45) is -0.887. The number of sulfone groups is 1. The number of piperidine rings is 1. The van der Waals surface area contributed by atoms with E-state index in [9.17, 15) is 26.4 Å². The number of hydrogen-bond acceptors (Lipinski definition) is 10. The predicted molar refractivity (Wildman–Crippen MR) is 157 cm³/mol. The third-order valence-electron chi connectivity index (χ3n) is 7.18. The van der Waals surface area contributed by atoms with Gasteiger partial charge in [-0.15, -0.1) is 0 Å². The van der Waals surface area contributed by atoms with Gasteiger partial charge in [-0.1, -0.05) is 0 Å². The highest BCUT2D eigenvalue weighted by atomic mass is 32.2. The van der Waals surface area contributed by atoms with E-state index < -0.39 is 28.2 Å². The van der Waals surface area contributed by atoms with Crippen LogP contribution in [-0.4, -0.2) is 78.5 Å². The number of pyridine rings is 3. The van der Waals surface area contributed by atoms with Crippen molar-refractivity contribution < 1.29 is 35.9 Å². The van der Waals surface area contributed by atoms with Crippen LogP contribution in [0.1, 0.15) is 45.1 Å². The highest BCUT2D eigenvalue weighted by Gasteiger charge is 2.33. The first-order valence-corrected chi connectivity index (χ1v) is 15.8. The number of amides is 1. The predicted octanol–water partition coefficient (Wildman–Crippen LogP) is 4.94. The van der Waals surface area contributed by atoms with Gasteiger partial charge in [-0.2, -0.15) is 13.2 Å². The van der Waals surface area contributed by atoms with Crippen LogP contribution >= 0.6 is 0 Å². The van der Waals surface area contributed by atoms with Crippen molar-refractivity contribution in [1.29, 1.82) is 0 Å². The third kappa shape index (κ3) is 7.75. The number of nitrogens with one attached hydrogen (secondary N) is 2. The Morgan fingerprint density at radius 2 is 1.84 bits per heavy atom. The van der Waals surface area contributed by atoms with E-state index in [1.165, 1.54) is 24.1 Å². The van der Waals surface area contributed by atoms with Gasteiger partial charge in [0.1, 0.15) is 23.8 Å². The Hall–Kier alpha value is -3.98. The van der Waals surface area contributed by atoms with Crippen molar-refractivity contribution in [2.24, 2.45) is 0 Å². The Morgan fingerprint density at radius 3 is 2.50 bits per heavy atom. The number of rotatable bonds is 7. The minimum Gasteiger partial charge on any atom is -0.479 e. The normalized spacial score (nSPS) is 17.2. The van der Waals surface area contributed by atoms with E-state index in [2.05, 4.69) is 25.6 Å². The lowest BCUT2D eigenvalue weighted by atomic mass is 9.90. The zero-order valence-corrected chi connectivity index (χ0v) is 25.5. The first-order valence-electron chi connectivity index (χ1n) is 13.9. The first kappa shape index (κ1) is 31.4. The zero-order valence-electron chi connectivity index (χ0n) is 24.7. The Balaban J connectivity index is 1.50. The van der Waals surface area contributed by atoms with Crippen LogP contribution in [0.5, 0.6) is 11.6 Å². The number of nitrogens with zero attached hydrogens (tertiary/aromatic N) is 4. The van der Waals surface area contributed by atoms with E-state index in [0.717, 1.165) is 6.26 Å². The molecule has 0 aliphatic carbocycles. The summed E-state index contributed by atoms with van der Waals surface area (Å²) < 4.78 is 75.7. The molecule has 2 N–H and O–H groups in total. The highest BCUT2D eigenvalue weighted by molar-refractivity contribution is 7.90. The van der Waals surface area contributed by atoms with Crippen molar-refractivity contribution in [2.45, 2.75) is 56.3 Å². The molecule has 0 aromatic carbocycles. The summed E-state index contributed by atoms with van der Waals surface area (Å²) in [4.78, 5) is 26.4. The summed E-state index contributed by atoms with van der Waals surface area (Å²) in [7, 11) is -3.74. The molecule has 2 aliphatic heterocycles. The Labute approximate surface area is 253 Å². The summed E-state index contributed by atoms with van der Waals surface area (Å²) in [5.74, 6) is 0.707. The highest BCUT2D eigenvalue weighted by Crippen LogP contribution is 2.39. The number of fused-ring (bicyclic) bond motifs is 1. The van der Waals surface area contributed by atoms with Crippen molar-refractivity contribution in [2.75, 3.05) is 43.1 Å². The van der Waals surface area contributed by atoms with E-state index in [1.54, 1.807) is 24.3 Å². The molecule has 0 spiro atoms. The maximum Gasteiger partial charge on any atom is 0.401 e. The zero-order chi connectivity index (χ0) is 31.9. The molecule has 1 saturated heterocycles.